The van der Waals surface area contributed by atoms with Crippen LogP contribution in [0.5, 0.6) is 5.75 Å². The van der Waals surface area contributed by atoms with Crippen LogP contribution in [0.25, 0.3) is 21.7 Å². The summed E-state index contributed by atoms with van der Waals surface area (Å²) in [5.74, 6) is 0.183. The second-order valence-corrected chi connectivity index (χ2v) is 7.18. The summed E-state index contributed by atoms with van der Waals surface area (Å²) in [7, 11) is 1.66. The van der Waals surface area contributed by atoms with Crippen molar-refractivity contribution in [1.29, 1.82) is 0 Å². The molecule has 0 aliphatic heterocycles. The predicted molar refractivity (Wildman–Crippen MR) is 108 cm³/mol. The topological polar surface area (TPSA) is 72.2 Å². The van der Waals surface area contributed by atoms with Gasteiger partial charge in [-0.25, -0.2) is 4.98 Å². The lowest BCUT2D eigenvalue weighted by molar-refractivity contribution is 0.102. The maximum Gasteiger partial charge on any atom is 0.261 e. The van der Waals surface area contributed by atoms with E-state index in [-0.39, 0.29) is 22.8 Å². The molecule has 0 fully saturated rings. The van der Waals surface area contributed by atoms with Gasteiger partial charge in [0.2, 0.25) is 0 Å². The van der Waals surface area contributed by atoms with E-state index in [1.165, 1.54) is 28.5 Å². The van der Waals surface area contributed by atoms with Gasteiger partial charge < -0.3 is 5.11 Å². The number of carbonyl (C=O) groups is 1. The number of fused-ring (bicyclic) bond motifs is 2. The van der Waals surface area contributed by atoms with Crippen LogP contribution in [0.4, 0.5) is 0 Å². The Morgan fingerprint density at radius 2 is 1.74 bits per heavy atom. The van der Waals surface area contributed by atoms with Crippen LogP contribution in [-0.4, -0.2) is 26.2 Å². The molecule has 3 aromatic carbocycles. The highest BCUT2D eigenvalue weighted by Gasteiger charge is 2.13. The van der Waals surface area contributed by atoms with Gasteiger partial charge in [0.05, 0.1) is 16.7 Å². The van der Waals surface area contributed by atoms with Crippen molar-refractivity contribution in [2.24, 2.45) is 7.05 Å². The van der Waals surface area contributed by atoms with Gasteiger partial charge in [-0.1, -0.05) is 36.0 Å². The summed E-state index contributed by atoms with van der Waals surface area (Å²) in [5, 5.41) is 12.4. The predicted octanol–water partition coefficient (Wildman–Crippen LogP) is 3.77. The molecule has 0 aliphatic rings. The van der Waals surface area contributed by atoms with Gasteiger partial charge in [0.25, 0.3) is 5.56 Å². The first-order valence-electron chi connectivity index (χ1n) is 8.37. The van der Waals surface area contributed by atoms with E-state index in [9.17, 15) is 14.7 Å². The van der Waals surface area contributed by atoms with Crippen molar-refractivity contribution in [2.75, 3.05) is 5.75 Å². The van der Waals surface area contributed by atoms with Crippen LogP contribution in [-0.2, 0) is 7.05 Å². The van der Waals surface area contributed by atoms with Crippen molar-refractivity contribution >= 4 is 39.2 Å². The molecule has 0 radical (unpaired) electrons. The number of thioether (sulfide) groups is 1. The van der Waals surface area contributed by atoms with Crippen molar-refractivity contribution in [2.45, 2.75) is 5.16 Å². The first-order chi connectivity index (χ1) is 13.0. The minimum Gasteiger partial charge on any atom is -0.508 e. The summed E-state index contributed by atoms with van der Waals surface area (Å²) in [6, 6.07) is 17.7. The van der Waals surface area contributed by atoms with E-state index in [1.54, 1.807) is 19.2 Å². The average molecular weight is 376 g/mol. The number of hydrogen-bond acceptors (Lipinski definition) is 5. The van der Waals surface area contributed by atoms with E-state index in [4.69, 9.17) is 0 Å². The fourth-order valence-electron chi connectivity index (χ4n) is 2.93. The Balaban J connectivity index is 1.68. The molecular formula is C21H16N2O3S. The summed E-state index contributed by atoms with van der Waals surface area (Å²) >= 11 is 1.23. The molecular weight excluding hydrogens is 360 g/mol. The van der Waals surface area contributed by atoms with Crippen molar-refractivity contribution in [3.63, 3.8) is 0 Å². The van der Waals surface area contributed by atoms with E-state index in [0.717, 1.165) is 10.8 Å². The summed E-state index contributed by atoms with van der Waals surface area (Å²) in [4.78, 5) is 29.7. The van der Waals surface area contributed by atoms with Crippen LogP contribution in [0.1, 0.15) is 10.4 Å². The summed E-state index contributed by atoms with van der Waals surface area (Å²) < 4.78 is 1.48. The van der Waals surface area contributed by atoms with Crippen LogP contribution >= 0.6 is 11.8 Å². The molecule has 0 amide bonds. The van der Waals surface area contributed by atoms with Crippen LogP contribution in [0.3, 0.4) is 0 Å². The van der Waals surface area contributed by atoms with Gasteiger partial charge in [-0.05, 0) is 47.2 Å². The normalized spacial score (nSPS) is 11.1. The van der Waals surface area contributed by atoms with E-state index in [0.29, 0.717) is 21.6 Å². The zero-order valence-corrected chi connectivity index (χ0v) is 15.4. The largest absolute Gasteiger partial charge is 0.508 e. The molecule has 0 atom stereocenters. The third kappa shape index (κ3) is 3.31. The lowest BCUT2D eigenvalue weighted by atomic mass is 10.1. The highest BCUT2D eigenvalue weighted by Crippen LogP contribution is 2.23. The molecule has 0 spiro atoms. The number of ketones is 1. The number of aromatic hydroxyl groups is 1. The van der Waals surface area contributed by atoms with Gasteiger partial charge >= 0.3 is 0 Å². The van der Waals surface area contributed by atoms with Gasteiger partial charge in [-0.15, -0.1) is 0 Å². The van der Waals surface area contributed by atoms with Gasteiger partial charge in [0, 0.05) is 12.6 Å². The van der Waals surface area contributed by atoms with Crippen molar-refractivity contribution in [1.82, 2.24) is 9.55 Å². The van der Waals surface area contributed by atoms with Crippen molar-refractivity contribution in [3.05, 3.63) is 76.6 Å². The van der Waals surface area contributed by atoms with Crippen LogP contribution in [0, 0.1) is 0 Å². The van der Waals surface area contributed by atoms with Crippen molar-refractivity contribution in [3.8, 4) is 5.75 Å². The SMILES string of the molecule is Cn1c(SCC(=O)c2ccc(O)cc2)nc2cc3ccccc3cc2c1=O. The fraction of sp³-hybridized carbons (Fsp3) is 0.0952. The minimum absolute atomic E-state index is 0.0899. The Kier molecular flexibility index (Phi) is 4.41. The number of nitrogens with zero attached hydrogens (tertiary/aromatic N) is 2. The highest BCUT2D eigenvalue weighted by atomic mass is 32.2. The standard InChI is InChI=1S/C21H16N2O3S/c1-23-20(26)17-10-14-4-2-3-5-15(14)11-18(17)22-21(23)27-12-19(25)13-6-8-16(24)9-7-13/h2-11,24H,12H2,1H3. The highest BCUT2D eigenvalue weighted by molar-refractivity contribution is 7.99. The summed E-state index contributed by atoms with van der Waals surface area (Å²) in [6.45, 7) is 0. The lowest BCUT2D eigenvalue weighted by Crippen LogP contribution is -2.20. The second kappa shape index (κ2) is 6.89. The maximum atomic E-state index is 12.7. The molecule has 6 heteroatoms. The molecule has 0 saturated heterocycles. The molecule has 4 rings (SSSR count). The second-order valence-electron chi connectivity index (χ2n) is 6.23. The van der Waals surface area contributed by atoms with E-state index >= 15 is 0 Å². The minimum atomic E-state index is -0.134. The van der Waals surface area contributed by atoms with E-state index in [2.05, 4.69) is 4.98 Å². The van der Waals surface area contributed by atoms with Gasteiger partial charge in [-0.2, -0.15) is 0 Å². The first-order valence-corrected chi connectivity index (χ1v) is 9.36. The Labute approximate surface area is 159 Å². The maximum absolute atomic E-state index is 12.7. The van der Waals surface area contributed by atoms with E-state index in [1.807, 2.05) is 36.4 Å². The quantitative estimate of drug-likeness (QED) is 0.254. The number of hydrogen-bond donors (Lipinski definition) is 1. The van der Waals surface area contributed by atoms with Gasteiger partial charge in [0.1, 0.15) is 5.75 Å². The Morgan fingerprint density at radius 3 is 2.44 bits per heavy atom. The van der Waals surface area contributed by atoms with Gasteiger partial charge in [0.15, 0.2) is 10.9 Å². The van der Waals surface area contributed by atoms with Gasteiger partial charge in [-0.3, -0.25) is 14.2 Å². The first kappa shape index (κ1) is 17.3. The van der Waals surface area contributed by atoms with Crippen LogP contribution < -0.4 is 5.56 Å². The van der Waals surface area contributed by atoms with Crippen molar-refractivity contribution < 1.29 is 9.90 Å². The molecule has 4 aromatic rings. The smallest absolute Gasteiger partial charge is 0.261 e. The molecule has 1 heterocycles. The summed E-state index contributed by atoms with van der Waals surface area (Å²) in [5.41, 5.74) is 0.999. The average Bonchev–Trinajstić information content (AvgIpc) is 2.69. The number of benzene rings is 3. The molecule has 134 valence electrons. The molecule has 0 unspecified atom stereocenters. The number of phenols is 1. The summed E-state index contributed by atoms with van der Waals surface area (Å²) in [6.07, 6.45) is 0. The number of carbonyl (C=O) groups excluding carboxylic acids is 1. The molecule has 0 aliphatic carbocycles. The lowest BCUT2D eigenvalue weighted by Gasteiger charge is -2.09. The molecule has 27 heavy (non-hydrogen) atoms. The van der Waals surface area contributed by atoms with E-state index < -0.39 is 0 Å². The number of Topliss-reactive ketones (excluding diaryl/α,β-unsaturated/α-hetero) is 1. The zero-order valence-electron chi connectivity index (χ0n) is 14.5. The molecule has 0 bridgehead atoms. The third-order valence-corrected chi connectivity index (χ3v) is 5.45. The molecule has 1 N–H and O–H groups in total. The Hall–Kier alpha value is -3.12. The number of rotatable bonds is 4. The molecule has 0 saturated carbocycles. The Bertz CT molecular complexity index is 1230. The molecule has 5 nitrogen and oxygen atoms in total. The number of aromatic nitrogens is 2. The fourth-order valence-corrected chi connectivity index (χ4v) is 3.79. The van der Waals surface area contributed by atoms with Crippen LogP contribution in [0.2, 0.25) is 0 Å². The zero-order chi connectivity index (χ0) is 19.0. The Morgan fingerprint density at radius 1 is 1.07 bits per heavy atom. The monoisotopic (exact) mass is 376 g/mol. The number of phenolic OH excluding ortho intramolecular Hbond substituents is 1. The molecule has 1 aromatic heterocycles. The van der Waals surface area contributed by atoms with Crippen LogP contribution in [0.15, 0.2) is 70.6 Å². The third-order valence-electron chi connectivity index (χ3n) is 4.42.